The fourth-order valence-electron chi connectivity index (χ4n) is 2.35. The number of benzene rings is 2. The molecule has 0 fully saturated rings. The molecular weight excluding hydrogens is 338 g/mol. The summed E-state index contributed by atoms with van der Waals surface area (Å²) in [6.07, 6.45) is 2.78. The van der Waals surface area contributed by atoms with Gasteiger partial charge in [0.1, 0.15) is 23.1 Å². The molecule has 0 saturated carbocycles. The van der Waals surface area contributed by atoms with E-state index in [0.29, 0.717) is 18.4 Å². The number of amides is 1. The molecule has 26 heavy (non-hydrogen) atoms. The summed E-state index contributed by atoms with van der Waals surface area (Å²) in [5, 5.41) is 2.35. The molecule has 1 heterocycles. The van der Waals surface area contributed by atoms with E-state index in [1.54, 1.807) is 0 Å². The van der Waals surface area contributed by atoms with E-state index < -0.39 is 17.5 Å². The van der Waals surface area contributed by atoms with Crippen LogP contribution in [0, 0.1) is 11.6 Å². The molecule has 3 rings (SSSR count). The Balaban J connectivity index is 1.67. The number of hydrogen-bond donors (Lipinski definition) is 1. The maximum absolute atomic E-state index is 13.6. The van der Waals surface area contributed by atoms with E-state index in [4.69, 9.17) is 0 Å². The van der Waals surface area contributed by atoms with Crippen molar-refractivity contribution in [3.63, 3.8) is 0 Å². The first kappa shape index (κ1) is 17.5. The molecule has 0 unspecified atom stereocenters. The number of carbonyl (C=O) groups is 1. The highest BCUT2D eigenvalue weighted by Gasteiger charge is 2.13. The maximum atomic E-state index is 13.6. The Bertz CT molecular complexity index is 901. The van der Waals surface area contributed by atoms with Gasteiger partial charge in [-0.15, -0.1) is 0 Å². The first-order valence-electron chi connectivity index (χ1n) is 7.86. The molecule has 0 spiro atoms. The fraction of sp³-hybridized carbons (Fsp3) is 0.105. The Morgan fingerprint density at radius 1 is 1.08 bits per heavy atom. The molecule has 0 bridgehead atoms. The van der Waals surface area contributed by atoms with Crippen LogP contribution in [-0.4, -0.2) is 22.9 Å². The number of hydrogen-bond acceptors (Lipinski definition) is 4. The zero-order valence-electron chi connectivity index (χ0n) is 14.0. The highest BCUT2D eigenvalue weighted by Crippen LogP contribution is 2.16. The Morgan fingerprint density at radius 2 is 1.85 bits per heavy atom. The van der Waals surface area contributed by atoms with Crippen molar-refractivity contribution in [3.8, 4) is 0 Å². The van der Waals surface area contributed by atoms with E-state index in [0.717, 1.165) is 17.7 Å². The zero-order chi connectivity index (χ0) is 18.5. The summed E-state index contributed by atoms with van der Waals surface area (Å²) >= 11 is 0. The normalized spacial score (nSPS) is 10.4. The Kier molecular flexibility index (Phi) is 5.17. The third kappa shape index (κ3) is 4.18. The minimum Gasteiger partial charge on any atom is -0.354 e. The summed E-state index contributed by atoms with van der Waals surface area (Å²) in [5.74, 6) is -1.60. The van der Waals surface area contributed by atoms with Gasteiger partial charge in [0, 0.05) is 19.7 Å². The zero-order valence-corrected chi connectivity index (χ0v) is 14.0. The van der Waals surface area contributed by atoms with Gasteiger partial charge >= 0.3 is 0 Å². The highest BCUT2D eigenvalue weighted by atomic mass is 19.1. The van der Waals surface area contributed by atoms with E-state index in [-0.39, 0.29) is 11.4 Å². The van der Waals surface area contributed by atoms with E-state index in [2.05, 4.69) is 15.3 Å². The average Bonchev–Trinajstić information content (AvgIpc) is 2.65. The Labute approximate surface area is 149 Å². The van der Waals surface area contributed by atoms with Gasteiger partial charge in [-0.25, -0.2) is 18.7 Å². The minimum atomic E-state index is -0.856. The average molecular weight is 354 g/mol. The predicted molar refractivity (Wildman–Crippen MR) is 94.9 cm³/mol. The molecule has 132 valence electrons. The second-order valence-corrected chi connectivity index (χ2v) is 5.68. The molecule has 0 radical (unpaired) electrons. The van der Waals surface area contributed by atoms with Gasteiger partial charge in [-0.05, 0) is 17.7 Å². The van der Waals surface area contributed by atoms with Gasteiger partial charge in [0.05, 0.1) is 18.1 Å². The number of carbonyl (C=O) groups excluding carboxylic acids is 1. The van der Waals surface area contributed by atoms with Crippen LogP contribution in [0.4, 0.5) is 20.3 Å². The molecule has 0 aliphatic heterocycles. The molecule has 5 nitrogen and oxygen atoms in total. The van der Waals surface area contributed by atoms with Gasteiger partial charge in [0.2, 0.25) is 0 Å². The van der Waals surface area contributed by atoms with E-state index >= 15 is 0 Å². The molecule has 0 atom stereocenters. The quantitative estimate of drug-likeness (QED) is 0.760. The van der Waals surface area contributed by atoms with Crippen molar-refractivity contribution in [2.45, 2.75) is 6.54 Å². The lowest BCUT2D eigenvalue weighted by Gasteiger charge is -2.17. The molecule has 0 aliphatic rings. The van der Waals surface area contributed by atoms with Gasteiger partial charge in [-0.1, -0.05) is 30.3 Å². The largest absolute Gasteiger partial charge is 0.354 e. The predicted octanol–water partition coefficient (Wildman–Crippen LogP) is 3.64. The molecule has 1 amide bonds. The number of anilines is 2. The number of halogens is 2. The molecule has 1 N–H and O–H groups in total. The lowest BCUT2D eigenvalue weighted by molar-refractivity contribution is 0.102. The van der Waals surface area contributed by atoms with Gasteiger partial charge in [0.25, 0.3) is 5.91 Å². The van der Waals surface area contributed by atoms with Gasteiger partial charge in [-0.2, -0.15) is 0 Å². The molecule has 0 saturated heterocycles. The van der Waals surface area contributed by atoms with Crippen molar-refractivity contribution >= 4 is 17.4 Å². The number of nitrogens with one attached hydrogen (secondary N) is 1. The van der Waals surface area contributed by atoms with Crippen LogP contribution in [0.5, 0.6) is 0 Å². The summed E-state index contributed by atoms with van der Waals surface area (Å²) in [7, 11) is 1.87. The highest BCUT2D eigenvalue weighted by molar-refractivity contribution is 6.02. The van der Waals surface area contributed by atoms with Crippen molar-refractivity contribution in [2.24, 2.45) is 0 Å². The molecule has 7 heteroatoms. The first-order valence-corrected chi connectivity index (χ1v) is 7.86. The fourth-order valence-corrected chi connectivity index (χ4v) is 2.35. The van der Waals surface area contributed by atoms with E-state index in [9.17, 15) is 13.6 Å². The van der Waals surface area contributed by atoms with Crippen molar-refractivity contribution in [2.75, 3.05) is 17.3 Å². The first-order chi connectivity index (χ1) is 12.5. The van der Waals surface area contributed by atoms with Crippen LogP contribution in [0.3, 0.4) is 0 Å². The second kappa shape index (κ2) is 7.69. The molecule has 0 aliphatic carbocycles. The number of nitrogens with zero attached hydrogens (tertiary/aromatic N) is 3. The third-order valence-corrected chi connectivity index (χ3v) is 3.70. The summed E-state index contributed by atoms with van der Waals surface area (Å²) in [5.41, 5.74) is 1.03. The van der Waals surface area contributed by atoms with Gasteiger partial charge < -0.3 is 10.2 Å². The lowest BCUT2D eigenvalue weighted by Crippen LogP contribution is -2.19. The number of rotatable bonds is 5. The van der Waals surface area contributed by atoms with Crippen molar-refractivity contribution in [1.29, 1.82) is 0 Å². The van der Waals surface area contributed by atoms with Crippen LogP contribution in [0.25, 0.3) is 0 Å². The molecular formula is C19H16F2N4O. The lowest BCUT2D eigenvalue weighted by atomic mass is 10.2. The third-order valence-electron chi connectivity index (χ3n) is 3.70. The molecule has 3 aromatic rings. The van der Waals surface area contributed by atoms with Crippen LogP contribution in [0.2, 0.25) is 0 Å². The molecule has 1 aromatic heterocycles. The van der Waals surface area contributed by atoms with Crippen LogP contribution in [0.1, 0.15) is 16.1 Å². The van der Waals surface area contributed by atoms with Crippen molar-refractivity contribution < 1.29 is 13.6 Å². The van der Waals surface area contributed by atoms with E-state index in [1.165, 1.54) is 12.4 Å². The van der Waals surface area contributed by atoms with Crippen molar-refractivity contribution in [1.82, 2.24) is 9.97 Å². The summed E-state index contributed by atoms with van der Waals surface area (Å²) < 4.78 is 26.5. The monoisotopic (exact) mass is 354 g/mol. The SMILES string of the molecule is CN(Cc1ccccc1)c1cnc(C(=O)Nc2ccc(F)cc2F)cn1. The van der Waals surface area contributed by atoms with Gasteiger partial charge in [0.15, 0.2) is 0 Å². The van der Waals surface area contributed by atoms with Gasteiger partial charge in [-0.3, -0.25) is 4.79 Å². The second-order valence-electron chi connectivity index (χ2n) is 5.68. The standard InChI is InChI=1S/C19H16F2N4O/c1-25(12-13-5-3-2-4-6-13)18-11-22-17(10-23-18)19(26)24-16-8-7-14(20)9-15(16)21/h2-11H,12H2,1H3,(H,24,26). The maximum Gasteiger partial charge on any atom is 0.275 e. The topological polar surface area (TPSA) is 58.1 Å². The minimum absolute atomic E-state index is 0.0330. The van der Waals surface area contributed by atoms with Crippen molar-refractivity contribution in [3.05, 3.63) is 83.8 Å². The van der Waals surface area contributed by atoms with E-state index in [1.807, 2.05) is 42.3 Å². The molecule has 2 aromatic carbocycles. The summed E-state index contributed by atoms with van der Waals surface area (Å²) in [6.45, 7) is 0.641. The summed E-state index contributed by atoms with van der Waals surface area (Å²) in [6, 6.07) is 12.8. The number of aromatic nitrogens is 2. The van der Waals surface area contributed by atoms with Crippen LogP contribution >= 0.6 is 0 Å². The van der Waals surface area contributed by atoms with Crippen LogP contribution < -0.4 is 10.2 Å². The Morgan fingerprint density at radius 3 is 2.50 bits per heavy atom. The summed E-state index contributed by atoms with van der Waals surface area (Å²) in [4.78, 5) is 22.3. The Hall–Kier alpha value is -3.35. The van der Waals surface area contributed by atoms with Crippen LogP contribution in [0.15, 0.2) is 60.9 Å². The van der Waals surface area contributed by atoms with Crippen LogP contribution in [-0.2, 0) is 6.54 Å². The smallest absolute Gasteiger partial charge is 0.275 e.